The van der Waals surface area contributed by atoms with Crippen LogP contribution in [0, 0.1) is 5.92 Å². The molecule has 1 aliphatic carbocycles. The second-order valence-electron chi connectivity index (χ2n) is 7.70. The van der Waals surface area contributed by atoms with Crippen molar-refractivity contribution in [1.82, 2.24) is 16.0 Å². The Labute approximate surface area is 191 Å². The molecule has 2 aromatic carbocycles. The molecule has 0 aliphatic heterocycles. The summed E-state index contributed by atoms with van der Waals surface area (Å²) in [4.78, 5) is 46.7. The van der Waals surface area contributed by atoms with Gasteiger partial charge in [0, 0.05) is 12.5 Å². The Morgan fingerprint density at radius 1 is 0.879 bits per heavy atom. The molecule has 4 N–H and O–H groups in total. The van der Waals surface area contributed by atoms with Crippen LogP contribution in [0.2, 0.25) is 0 Å². The van der Waals surface area contributed by atoms with Crippen molar-refractivity contribution >= 4 is 23.9 Å². The maximum atomic E-state index is 12.1. The molecule has 0 saturated carbocycles. The molecule has 3 amide bonds. The summed E-state index contributed by atoms with van der Waals surface area (Å²) in [6, 6.07) is 15.9. The molecule has 174 valence electrons. The van der Waals surface area contributed by atoms with E-state index < -0.39 is 29.8 Å². The maximum absolute atomic E-state index is 12.1. The SMILES string of the molecule is CCC(CNC(=O)CNC(=O)CNC(=O)OCC1c2ccccc2-c2ccccc21)C(=O)O. The van der Waals surface area contributed by atoms with E-state index >= 15 is 0 Å². The topological polar surface area (TPSA) is 134 Å². The zero-order valence-corrected chi connectivity index (χ0v) is 18.3. The molecule has 0 bridgehead atoms. The highest BCUT2D eigenvalue weighted by molar-refractivity contribution is 5.87. The molecule has 1 unspecified atom stereocenters. The van der Waals surface area contributed by atoms with Crippen molar-refractivity contribution in [3.8, 4) is 11.1 Å². The smallest absolute Gasteiger partial charge is 0.407 e. The van der Waals surface area contributed by atoms with Crippen LogP contribution in [0.5, 0.6) is 0 Å². The number of aliphatic carboxylic acids is 1. The van der Waals surface area contributed by atoms with E-state index in [9.17, 15) is 19.2 Å². The number of alkyl carbamates (subject to hydrolysis) is 1. The largest absolute Gasteiger partial charge is 0.481 e. The third-order valence-electron chi connectivity index (χ3n) is 5.57. The van der Waals surface area contributed by atoms with Gasteiger partial charge in [0.15, 0.2) is 0 Å². The van der Waals surface area contributed by atoms with Crippen LogP contribution in [-0.4, -0.2) is 55.2 Å². The van der Waals surface area contributed by atoms with Gasteiger partial charge < -0.3 is 25.8 Å². The Kier molecular flexibility index (Phi) is 8.01. The average molecular weight is 453 g/mol. The molecular formula is C24H27N3O6. The highest BCUT2D eigenvalue weighted by Gasteiger charge is 2.29. The van der Waals surface area contributed by atoms with Crippen LogP contribution in [0.4, 0.5) is 4.79 Å². The van der Waals surface area contributed by atoms with Gasteiger partial charge in [-0.3, -0.25) is 14.4 Å². The molecule has 9 nitrogen and oxygen atoms in total. The van der Waals surface area contributed by atoms with Crippen LogP contribution in [0.1, 0.15) is 30.4 Å². The third-order valence-corrected chi connectivity index (χ3v) is 5.57. The number of hydrogen-bond acceptors (Lipinski definition) is 5. The van der Waals surface area contributed by atoms with Crippen molar-refractivity contribution in [3.63, 3.8) is 0 Å². The van der Waals surface area contributed by atoms with Crippen molar-refractivity contribution < 1.29 is 29.0 Å². The van der Waals surface area contributed by atoms with Gasteiger partial charge in [-0.25, -0.2) is 4.79 Å². The quantitative estimate of drug-likeness (QED) is 0.434. The van der Waals surface area contributed by atoms with E-state index in [2.05, 4.69) is 16.0 Å². The summed E-state index contributed by atoms with van der Waals surface area (Å²) in [6.07, 6.45) is -0.352. The predicted octanol–water partition coefficient (Wildman–Crippen LogP) is 1.87. The van der Waals surface area contributed by atoms with E-state index in [1.165, 1.54) is 0 Å². The minimum Gasteiger partial charge on any atom is -0.481 e. The second kappa shape index (κ2) is 11.1. The van der Waals surface area contributed by atoms with Gasteiger partial charge in [0.1, 0.15) is 13.2 Å². The monoisotopic (exact) mass is 453 g/mol. The fraction of sp³-hybridized carbons (Fsp3) is 0.333. The number of carboxylic acid groups (broad SMARTS) is 1. The van der Waals surface area contributed by atoms with Gasteiger partial charge in [-0.1, -0.05) is 55.5 Å². The molecule has 0 saturated heterocycles. The lowest BCUT2D eigenvalue weighted by molar-refractivity contribution is -0.141. The molecular weight excluding hydrogens is 426 g/mol. The van der Waals surface area contributed by atoms with Gasteiger partial charge in [-0.15, -0.1) is 0 Å². The Bertz CT molecular complexity index is 993. The van der Waals surface area contributed by atoms with Crippen molar-refractivity contribution in [2.24, 2.45) is 5.92 Å². The number of nitrogens with one attached hydrogen (secondary N) is 3. The van der Waals surface area contributed by atoms with Crippen LogP contribution in [0.25, 0.3) is 11.1 Å². The first kappa shape index (κ1) is 23.8. The first-order valence-corrected chi connectivity index (χ1v) is 10.8. The normalized spacial score (nSPS) is 12.8. The summed E-state index contributed by atoms with van der Waals surface area (Å²) in [5.74, 6) is -2.83. The summed E-state index contributed by atoms with van der Waals surface area (Å²) in [6.45, 7) is 1.16. The standard InChI is InChI=1S/C24H27N3O6/c1-2-15(23(30)31)11-25-21(28)12-26-22(29)13-27-24(32)33-14-20-18-9-5-3-7-16(18)17-8-4-6-10-19(17)20/h3-10,15,20H,2,11-14H2,1H3,(H,25,28)(H,26,29)(H,27,32)(H,30,31). The van der Waals surface area contributed by atoms with Crippen molar-refractivity contribution in [2.45, 2.75) is 19.3 Å². The number of carbonyl (C=O) groups is 4. The van der Waals surface area contributed by atoms with Crippen molar-refractivity contribution in [3.05, 3.63) is 59.7 Å². The highest BCUT2D eigenvalue weighted by atomic mass is 16.5. The molecule has 1 atom stereocenters. The predicted molar refractivity (Wildman–Crippen MR) is 121 cm³/mol. The van der Waals surface area contributed by atoms with Gasteiger partial charge >= 0.3 is 12.1 Å². The molecule has 0 fully saturated rings. The van der Waals surface area contributed by atoms with Crippen LogP contribution in [0.3, 0.4) is 0 Å². The van der Waals surface area contributed by atoms with Crippen molar-refractivity contribution in [2.75, 3.05) is 26.2 Å². The van der Waals surface area contributed by atoms with E-state index in [4.69, 9.17) is 9.84 Å². The number of benzene rings is 2. The number of fused-ring (bicyclic) bond motifs is 3. The number of carbonyl (C=O) groups excluding carboxylic acids is 3. The van der Waals surface area contributed by atoms with Gasteiger partial charge in [0.25, 0.3) is 0 Å². The Hall–Kier alpha value is -3.88. The lowest BCUT2D eigenvalue weighted by Crippen LogP contribution is -2.43. The lowest BCUT2D eigenvalue weighted by atomic mass is 9.98. The van der Waals surface area contributed by atoms with Gasteiger partial charge in [-0.2, -0.15) is 0 Å². The van der Waals surface area contributed by atoms with Crippen molar-refractivity contribution in [1.29, 1.82) is 0 Å². The fourth-order valence-electron chi connectivity index (χ4n) is 3.75. The molecule has 3 rings (SSSR count). The Morgan fingerprint density at radius 3 is 2.00 bits per heavy atom. The van der Waals surface area contributed by atoms with Crippen LogP contribution in [-0.2, 0) is 19.1 Å². The number of rotatable bonds is 10. The highest BCUT2D eigenvalue weighted by Crippen LogP contribution is 2.44. The molecule has 0 heterocycles. The Balaban J connectivity index is 1.40. The van der Waals surface area contributed by atoms with E-state index in [0.29, 0.717) is 6.42 Å². The lowest BCUT2D eigenvalue weighted by Gasteiger charge is -2.14. The summed E-state index contributed by atoms with van der Waals surface area (Å²) < 4.78 is 5.35. The maximum Gasteiger partial charge on any atom is 0.407 e. The van der Waals surface area contributed by atoms with E-state index in [1.807, 2.05) is 48.5 Å². The van der Waals surface area contributed by atoms with E-state index in [0.717, 1.165) is 22.3 Å². The van der Waals surface area contributed by atoms with Gasteiger partial charge in [0.05, 0.1) is 12.5 Å². The van der Waals surface area contributed by atoms with Gasteiger partial charge in [-0.05, 0) is 28.7 Å². The molecule has 0 spiro atoms. The Morgan fingerprint density at radius 2 is 1.42 bits per heavy atom. The number of amides is 3. The zero-order chi connectivity index (χ0) is 23.8. The molecule has 0 aromatic heterocycles. The number of ether oxygens (including phenoxy) is 1. The third kappa shape index (κ3) is 6.09. The number of hydrogen-bond donors (Lipinski definition) is 4. The van der Waals surface area contributed by atoms with Crippen LogP contribution >= 0.6 is 0 Å². The molecule has 9 heteroatoms. The molecule has 1 aliphatic rings. The summed E-state index contributed by atoms with van der Waals surface area (Å²) in [5.41, 5.74) is 4.41. The second-order valence-corrected chi connectivity index (χ2v) is 7.70. The first-order valence-electron chi connectivity index (χ1n) is 10.8. The van der Waals surface area contributed by atoms with Crippen LogP contribution < -0.4 is 16.0 Å². The minimum atomic E-state index is -0.992. The average Bonchev–Trinajstić information content (AvgIpc) is 3.14. The summed E-state index contributed by atoms with van der Waals surface area (Å²) in [7, 11) is 0. The summed E-state index contributed by atoms with van der Waals surface area (Å²) in [5, 5.41) is 16.2. The number of carboxylic acids is 1. The molecule has 33 heavy (non-hydrogen) atoms. The van der Waals surface area contributed by atoms with Gasteiger partial charge in [0.2, 0.25) is 11.8 Å². The summed E-state index contributed by atoms with van der Waals surface area (Å²) >= 11 is 0. The van der Waals surface area contributed by atoms with E-state index in [1.54, 1.807) is 6.92 Å². The molecule has 0 radical (unpaired) electrons. The first-order chi connectivity index (χ1) is 15.9. The zero-order valence-electron chi connectivity index (χ0n) is 18.3. The minimum absolute atomic E-state index is 0.0153. The fourth-order valence-corrected chi connectivity index (χ4v) is 3.75. The van der Waals surface area contributed by atoms with E-state index in [-0.39, 0.29) is 32.2 Å². The van der Waals surface area contributed by atoms with Crippen LogP contribution in [0.15, 0.2) is 48.5 Å². The molecule has 2 aromatic rings.